The van der Waals surface area contributed by atoms with E-state index >= 15 is 0 Å². The molecule has 3 nitrogen and oxygen atoms in total. The summed E-state index contributed by atoms with van der Waals surface area (Å²) in [5, 5.41) is 0. The fourth-order valence-electron chi connectivity index (χ4n) is 1.03. The summed E-state index contributed by atoms with van der Waals surface area (Å²) in [6, 6.07) is 3.78. The molecule has 0 aromatic carbocycles. The van der Waals surface area contributed by atoms with Crippen LogP contribution in [0.25, 0.3) is 6.08 Å². The van der Waals surface area contributed by atoms with Crippen LogP contribution in [0.2, 0.25) is 0 Å². The SMILES string of the molecule is C=Cc1ccc(OCCCCN)cn1. The van der Waals surface area contributed by atoms with E-state index in [1.807, 2.05) is 12.1 Å². The Balaban J connectivity index is 2.32. The maximum atomic E-state index is 5.46. The lowest BCUT2D eigenvalue weighted by Gasteiger charge is -2.04. The number of nitrogens with two attached hydrogens (primary N) is 1. The van der Waals surface area contributed by atoms with E-state index in [0.717, 1.165) is 30.8 Å². The third-order valence-electron chi connectivity index (χ3n) is 1.84. The van der Waals surface area contributed by atoms with Crippen molar-refractivity contribution in [3.8, 4) is 5.75 Å². The minimum atomic E-state index is 0.701. The molecule has 0 atom stereocenters. The van der Waals surface area contributed by atoms with Crippen LogP contribution in [-0.2, 0) is 0 Å². The average Bonchev–Trinajstić information content (AvgIpc) is 2.25. The lowest BCUT2D eigenvalue weighted by atomic mass is 10.3. The molecule has 0 aliphatic carbocycles. The van der Waals surface area contributed by atoms with E-state index in [1.54, 1.807) is 12.3 Å². The van der Waals surface area contributed by atoms with Gasteiger partial charge in [-0.3, -0.25) is 4.98 Å². The Morgan fingerprint density at radius 3 is 2.86 bits per heavy atom. The Bertz CT molecular complexity index is 269. The normalized spacial score (nSPS) is 9.79. The number of nitrogens with zero attached hydrogens (tertiary/aromatic N) is 1. The molecule has 76 valence electrons. The molecule has 14 heavy (non-hydrogen) atoms. The third-order valence-corrected chi connectivity index (χ3v) is 1.84. The van der Waals surface area contributed by atoms with Crippen molar-refractivity contribution in [3.63, 3.8) is 0 Å². The van der Waals surface area contributed by atoms with Crippen LogP contribution in [0.1, 0.15) is 18.5 Å². The fourth-order valence-corrected chi connectivity index (χ4v) is 1.03. The number of ether oxygens (including phenoxy) is 1. The Morgan fingerprint density at radius 1 is 1.43 bits per heavy atom. The summed E-state index contributed by atoms with van der Waals surface area (Å²) < 4.78 is 5.46. The summed E-state index contributed by atoms with van der Waals surface area (Å²) >= 11 is 0. The van der Waals surface area contributed by atoms with Crippen LogP contribution >= 0.6 is 0 Å². The number of aromatic nitrogens is 1. The quantitative estimate of drug-likeness (QED) is 0.700. The first kappa shape index (κ1) is 10.7. The van der Waals surface area contributed by atoms with Gasteiger partial charge in [0.25, 0.3) is 0 Å². The van der Waals surface area contributed by atoms with Gasteiger partial charge >= 0.3 is 0 Å². The first-order valence-corrected chi connectivity index (χ1v) is 4.78. The van der Waals surface area contributed by atoms with Gasteiger partial charge in [-0.2, -0.15) is 0 Å². The molecule has 0 aliphatic heterocycles. The molecule has 1 heterocycles. The molecular weight excluding hydrogens is 176 g/mol. The molecule has 0 bridgehead atoms. The highest BCUT2D eigenvalue weighted by Crippen LogP contribution is 2.09. The highest BCUT2D eigenvalue weighted by atomic mass is 16.5. The summed E-state index contributed by atoms with van der Waals surface area (Å²) in [4.78, 5) is 4.13. The number of hydrogen-bond acceptors (Lipinski definition) is 3. The van der Waals surface area contributed by atoms with Crippen molar-refractivity contribution in [2.24, 2.45) is 5.73 Å². The van der Waals surface area contributed by atoms with E-state index in [2.05, 4.69) is 11.6 Å². The minimum absolute atomic E-state index is 0.701. The molecule has 0 radical (unpaired) electrons. The molecular formula is C11H16N2O. The van der Waals surface area contributed by atoms with Crippen LogP contribution in [0.5, 0.6) is 5.75 Å². The maximum absolute atomic E-state index is 5.46. The summed E-state index contributed by atoms with van der Waals surface area (Å²) in [6.45, 7) is 5.05. The van der Waals surface area contributed by atoms with Crippen LogP contribution in [0, 0.1) is 0 Å². The van der Waals surface area contributed by atoms with Crippen LogP contribution in [0.3, 0.4) is 0 Å². The Kier molecular flexibility index (Phi) is 4.72. The molecule has 0 aliphatic rings. The molecule has 0 unspecified atom stereocenters. The van der Waals surface area contributed by atoms with E-state index in [-0.39, 0.29) is 0 Å². The largest absolute Gasteiger partial charge is 0.492 e. The van der Waals surface area contributed by atoms with Gasteiger partial charge in [-0.15, -0.1) is 0 Å². The molecule has 1 rings (SSSR count). The molecule has 0 fully saturated rings. The van der Waals surface area contributed by atoms with Gasteiger partial charge in [-0.25, -0.2) is 0 Å². The zero-order valence-corrected chi connectivity index (χ0v) is 8.28. The number of pyridine rings is 1. The smallest absolute Gasteiger partial charge is 0.137 e. The van der Waals surface area contributed by atoms with Crippen molar-refractivity contribution < 1.29 is 4.74 Å². The minimum Gasteiger partial charge on any atom is -0.492 e. The first-order chi connectivity index (χ1) is 6.86. The van der Waals surface area contributed by atoms with Crippen LogP contribution < -0.4 is 10.5 Å². The molecule has 0 amide bonds. The van der Waals surface area contributed by atoms with Gasteiger partial charge < -0.3 is 10.5 Å². The molecule has 0 spiro atoms. The van der Waals surface area contributed by atoms with Crippen molar-refractivity contribution in [3.05, 3.63) is 30.6 Å². The second-order valence-corrected chi connectivity index (χ2v) is 2.97. The van der Waals surface area contributed by atoms with Crippen molar-refractivity contribution in [1.82, 2.24) is 4.98 Å². The Hall–Kier alpha value is -1.35. The molecule has 0 saturated heterocycles. The second kappa shape index (κ2) is 6.16. The van der Waals surface area contributed by atoms with Gasteiger partial charge in [0, 0.05) is 0 Å². The summed E-state index contributed by atoms with van der Waals surface area (Å²) in [7, 11) is 0. The first-order valence-electron chi connectivity index (χ1n) is 4.78. The molecule has 2 N–H and O–H groups in total. The zero-order valence-electron chi connectivity index (χ0n) is 8.28. The maximum Gasteiger partial charge on any atom is 0.137 e. The van der Waals surface area contributed by atoms with Gasteiger partial charge in [0.1, 0.15) is 5.75 Å². The standard InChI is InChI=1S/C11H16N2O/c1-2-10-5-6-11(9-13-10)14-8-4-3-7-12/h2,5-6,9H,1,3-4,7-8,12H2. The number of hydrogen-bond donors (Lipinski definition) is 1. The van der Waals surface area contributed by atoms with Gasteiger partial charge in [0.2, 0.25) is 0 Å². The lowest BCUT2D eigenvalue weighted by molar-refractivity contribution is 0.306. The van der Waals surface area contributed by atoms with Gasteiger partial charge in [-0.05, 0) is 37.6 Å². The van der Waals surface area contributed by atoms with Crippen LogP contribution in [-0.4, -0.2) is 18.1 Å². The van der Waals surface area contributed by atoms with Crippen molar-refractivity contribution in [1.29, 1.82) is 0 Å². The Morgan fingerprint density at radius 2 is 2.29 bits per heavy atom. The zero-order chi connectivity index (χ0) is 10.2. The molecule has 0 saturated carbocycles. The van der Waals surface area contributed by atoms with Crippen molar-refractivity contribution in [2.45, 2.75) is 12.8 Å². The average molecular weight is 192 g/mol. The van der Waals surface area contributed by atoms with Gasteiger partial charge in [0.15, 0.2) is 0 Å². The van der Waals surface area contributed by atoms with Crippen LogP contribution in [0.15, 0.2) is 24.9 Å². The molecule has 3 heteroatoms. The Labute approximate surface area is 84.6 Å². The number of unbranched alkanes of at least 4 members (excludes halogenated alkanes) is 1. The predicted octanol–water partition coefficient (Wildman–Crippen LogP) is 1.84. The van der Waals surface area contributed by atoms with Gasteiger partial charge in [0.05, 0.1) is 18.5 Å². The molecule has 1 aromatic rings. The van der Waals surface area contributed by atoms with E-state index in [1.165, 1.54) is 0 Å². The highest BCUT2D eigenvalue weighted by Gasteiger charge is 1.93. The van der Waals surface area contributed by atoms with E-state index < -0.39 is 0 Å². The van der Waals surface area contributed by atoms with Gasteiger partial charge in [-0.1, -0.05) is 6.58 Å². The van der Waals surface area contributed by atoms with Crippen molar-refractivity contribution in [2.75, 3.05) is 13.2 Å². The monoisotopic (exact) mass is 192 g/mol. The summed E-state index contributed by atoms with van der Waals surface area (Å²) in [5.74, 6) is 0.799. The highest BCUT2D eigenvalue weighted by molar-refractivity contribution is 5.42. The molecule has 1 aromatic heterocycles. The topological polar surface area (TPSA) is 48.1 Å². The fraction of sp³-hybridized carbons (Fsp3) is 0.364. The summed E-state index contributed by atoms with van der Waals surface area (Å²) in [6.07, 6.45) is 5.40. The van der Waals surface area contributed by atoms with Crippen molar-refractivity contribution >= 4 is 6.08 Å². The van der Waals surface area contributed by atoms with E-state index in [4.69, 9.17) is 10.5 Å². The number of rotatable bonds is 6. The van der Waals surface area contributed by atoms with Crippen LogP contribution in [0.4, 0.5) is 0 Å². The third kappa shape index (κ3) is 3.58. The van der Waals surface area contributed by atoms with E-state index in [0.29, 0.717) is 6.61 Å². The predicted molar refractivity (Wildman–Crippen MR) is 58.1 cm³/mol. The summed E-state index contributed by atoms with van der Waals surface area (Å²) in [5.41, 5.74) is 6.23. The van der Waals surface area contributed by atoms with E-state index in [9.17, 15) is 0 Å². The lowest BCUT2D eigenvalue weighted by Crippen LogP contribution is -2.03. The second-order valence-electron chi connectivity index (χ2n) is 2.97.